The molecule has 1 N–H and O–H groups in total. The summed E-state index contributed by atoms with van der Waals surface area (Å²) in [6, 6.07) is 15.9. The lowest BCUT2D eigenvalue weighted by Gasteiger charge is -2.12. The Bertz CT molecular complexity index is 1030. The zero-order valence-electron chi connectivity index (χ0n) is 14.6. The number of H-pyrrole nitrogens is 1. The number of pyridine rings is 1. The average Bonchev–Trinajstić information content (AvgIpc) is 2.66. The topological polar surface area (TPSA) is 59.2 Å². The van der Waals surface area contributed by atoms with Crippen LogP contribution in [0.3, 0.4) is 0 Å². The maximum Gasteiger partial charge on any atom is 0.340 e. The Labute approximate surface area is 166 Å². The van der Waals surface area contributed by atoms with E-state index < -0.39 is 5.97 Å². The van der Waals surface area contributed by atoms with E-state index in [1.54, 1.807) is 31.2 Å². The summed E-state index contributed by atoms with van der Waals surface area (Å²) in [5.41, 5.74) is 2.35. The number of halogens is 2. The van der Waals surface area contributed by atoms with Crippen molar-refractivity contribution in [3.8, 4) is 11.3 Å². The summed E-state index contributed by atoms with van der Waals surface area (Å²) in [5, 5.41) is 0.982. The van der Waals surface area contributed by atoms with E-state index in [0.29, 0.717) is 26.9 Å². The smallest absolute Gasteiger partial charge is 0.340 e. The number of esters is 1. The second kappa shape index (κ2) is 8.42. The third-order valence-corrected chi connectivity index (χ3v) is 4.66. The van der Waals surface area contributed by atoms with Gasteiger partial charge in [0, 0.05) is 22.0 Å². The van der Waals surface area contributed by atoms with Gasteiger partial charge in [0.25, 0.3) is 5.56 Å². The molecule has 0 spiro atoms. The number of rotatable bonds is 5. The zero-order valence-corrected chi connectivity index (χ0v) is 16.1. The summed E-state index contributed by atoms with van der Waals surface area (Å²) in [7, 11) is 0. The van der Waals surface area contributed by atoms with Gasteiger partial charge in [-0.25, -0.2) is 4.79 Å². The zero-order chi connectivity index (χ0) is 19.4. The third-order valence-electron chi connectivity index (χ3n) is 4.07. The lowest BCUT2D eigenvalue weighted by atomic mass is 10.0. The van der Waals surface area contributed by atoms with Crippen molar-refractivity contribution in [1.29, 1.82) is 0 Å². The van der Waals surface area contributed by atoms with E-state index in [1.807, 2.05) is 30.3 Å². The molecule has 0 aliphatic rings. The number of ether oxygens (including phenoxy) is 1. The quantitative estimate of drug-likeness (QED) is 0.603. The minimum Gasteiger partial charge on any atom is -0.462 e. The van der Waals surface area contributed by atoms with Crippen LogP contribution in [0.25, 0.3) is 11.3 Å². The lowest BCUT2D eigenvalue weighted by molar-refractivity contribution is 0.0526. The molecule has 0 unspecified atom stereocenters. The van der Waals surface area contributed by atoms with Crippen molar-refractivity contribution < 1.29 is 9.53 Å². The van der Waals surface area contributed by atoms with Gasteiger partial charge in [-0.3, -0.25) is 4.79 Å². The SMILES string of the molecule is CCOC(=O)c1cc(Cc2ccc(Cl)cc2Cl)c(=O)[nH]c1-c1ccccc1. The van der Waals surface area contributed by atoms with E-state index in [2.05, 4.69) is 4.98 Å². The van der Waals surface area contributed by atoms with Crippen molar-refractivity contribution in [1.82, 2.24) is 4.98 Å². The molecule has 0 aliphatic heterocycles. The van der Waals surface area contributed by atoms with Crippen LogP contribution in [-0.4, -0.2) is 17.6 Å². The minimum absolute atomic E-state index is 0.241. The molecule has 138 valence electrons. The molecule has 1 aromatic heterocycles. The molecule has 2 aromatic carbocycles. The van der Waals surface area contributed by atoms with E-state index in [1.165, 1.54) is 0 Å². The Kier molecular flexibility index (Phi) is 5.99. The van der Waals surface area contributed by atoms with Gasteiger partial charge >= 0.3 is 5.97 Å². The highest BCUT2D eigenvalue weighted by Gasteiger charge is 2.18. The summed E-state index contributed by atoms with van der Waals surface area (Å²) in [6.07, 6.45) is 0.271. The number of aromatic nitrogens is 1. The van der Waals surface area contributed by atoms with Crippen LogP contribution >= 0.6 is 23.2 Å². The van der Waals surface area contributed by atoms with Crippen LogP contribution in [0.2, 0.25) is 10.0 Å². The van der Waals surface area contributed by atoms with Crippen LogP contribution in [-0.2, 0) is 11.2 Å². The van der Waals surface area contributed by atoms with Gasteiger partial charge in [0.2, 0.25) is 0 Å². The molecule has 0 saturated heterocycles. The highest BCUT2D eigenvalue weighted by molar-refractivity contribution is 6.35. The number of benzene rings is 2. The molecular weight excluding hydrogens is 385 g/mol. The molecule has 0 amide bonds. The largest absolute Gasteiger partial charge is 0.462 e. The number of nitrogens with one attached hydrogen (secondary N) is 1. The number of carbonyl (C=O) groups is 1. The first-order valence-corrected chi connectivity index (χ1v) is 9.18. The van der Waals surface area contributed by atoms with Crippen molar-refractivity contribution in [3.63, 3.8) is 0 Å². The number of aromatic amines is 1. The summed E-state index contributed by atoms with van der Waals surface area (Å²) in [5.74, 6) is -0.490. The lowest BCUT2D eigenvalue weighted by Crippen LogP contribution is -2.19. The molecule has 4 nitrogen and oxygen atoms in total. The summed E-state index contributed by atoms with van der Waals surface area (Å²) < 4.78 is 5.17. The van der Waals surface area contributed by atoms with Gasteiger partial charge in [-0.15, -0.1) is 0 Å². The van der Waals surface area contributed by atoms with E-state index in [4.69, 9.17) is 27.9 Å². The molecule has 0 fully saturated rings. The van der Waals surface area contributed by atoms with E-state index in [9.17, 15) is 9.59 Å². The van der Waals surface area contributed by atoms with Crippen LogP contribution in [0.4, 0.5) is 0 Å². The van der Waals surface area contributed by atoms with Crippen molar-refractivity contribution in [2.75, 3.05) is 6.61 Å². The molecule has 0 bridgehead atoms. The van der Waals surface area contributed by atoms with E-state index >= 15 is 0 Å². The molecular formula is C21H17Cl2NO3. The first kappa shape index (κ1) is 19.2. The first-order valence-electron chi connectivity index (χ1n) is 8.42. The molecule has 6 heteroatoms. The van der Waals surface area contributed by atoms with Crippen molar-refractivity contribution in [2.45, 2.75) is 13.3 Å². The predicted octanol–water partition coefficient (Wildman–Crippen LogP) is 5.12. The van der Waals surface area contributed by atoms with Crippen LogP contribution in [0.15, 0.2) is 59.4 Å². The number of hydrogen-bond acceptors (Lipinski definition) is 3. The number of carbonyl (C=O) groups excluding carboxylic acids is 1. The predicted molar refractivity (Wildman–Crippen MR) is 108 cm³/mol. The van der Waals surface area contributed by atoms with Gasteiger partial charge in [-0.2, -0.15) is 0 Å². The van der Waals surface area contributed by atoms with Gasteiger partial charge in [0.05, 0.1) is 17.9 Å². The number of hydrogen-bond donors (Lipinski definition) is 1. The highest BCUT2D eigenvalue weighted by atomic mass is 35.5. The molecule has 0 aliphatic carbocycles. The maximum atomic E-state index is 12.7. The Morgan fingerprint density at radius 2 is 1.78 bits per heavy atom. The van der Waals surface area contributed by atoms with Gasteiger partial charge in [0.15, 0.2) is 0 Å². The minimum atomic E-state index is -0.490. The molecule has 3 rings (SSSR count). The molecule has 0 saturated carbocycles. The van der Waals surface area contributed by atoms with Crippen LogP contribution < -0.4 is 5.56 Å². The van der Waals surface area contributed by atoms with E-state index in [0.717, 1.165) is 11.1 Å². The van der Waals surface area contributed by atoms with Gasteiger partial charge in [-0.05, 0) is 36.2 Å². The van der Waals surface area contributed by atoms with Crippen LogP contribution in [0.1, 0.15) is 28.4 Å². The maximum absolute atomic E-state index is 12.7. The summed E-state index contributed by atoms with van der Waals surface area (Å²) in [6.45, 7) is 1.98. The van der Waals surface area contributed by atoms with Crippen LogP contribution in [0, 0.1) is 0 Å². The van der Waals surface area contributed by atoms with Crippen molar-refractivity contribution in [3.05, 3.63) is 91.7 Å². The standard InChI is InChI=1S/C21H17Cl2NO3/c1-2-27-21(26)17-11-15(10-14-8-9-16(22)12-18(14)23)20(25)24-19(17)13-6-4-3-5-7-13/h3-9,11-12H,2,10H2,1H3,(H,24,25). The fourth-order valence-electron chi connectivity index (χ4n) is 2.78. The average molecular weight is 402 g/mol. The molecule has 0 atom stereocenters. The second-order valence-corrected chi connectivity index (χ2v) is 6.76. The molecule has 0 radical (unpaired) electrons. The fraction of sp³-hybridized carbons (Fsp3) is 0.143. The monoisotopic (exact) mass is 401 g/mol. The van der Waals surface area contributed by atoms with Gasteiger partial charge < -0.3 is 9.72 Å². The van der Waals surface area contributed by atoms with Crippen LogP contribution in [0.5, 0.6) is 0 Å². The summed E-state index contributed by atoms with van der Waals surface area (Å²) in [4.78, 5) is 28.0. The Morgan fingerprint density at radius 3 is 2.44 bits per heavy atom. The normalized spacial score (nSPS) is 10.6. The Hall–Kier alpha value is -2.56. The van der Waals surface area contributed by atoms with Gasteiger partial charge in [-0.1, -0.05) is 59.6 Å². The molecule has 27 heavy (non-hydrogen) atoms. The molecule has 3 aromatic rings. The van der Waals surface area contributed by atoms with E-state index in [-0.39, 0.29) is 18.6 Å². The Morgan fingerprint density at radius 1 is 1.04 bits per heavy atom. The van der Waals surface area contributed by atoms with Gasteiger partial charge in [0.1, 0.15) is 0 Å². The van der Waals surface area contributed by atoms with Crippen molar-refractivity contribution in [2.24, 2.45) is 0 Å². The summed E-state index contributed by atoms with van der Waals surface area (Å²) >= 11 is 12.2. The third kappa shape index (κ3) is 4.41. The second-order valence-electron chi connectivity index (χ2n) is 5.91. The first-order chi connectivity index (χ1) is 13.0. The van der Waals surface area contributed by atoms with Crippen molar-refractivity contribution >= 4 is 29.2 Å². The fourth-order valence-corrected chi connectivity index (χ4v) is 3.25. The highest BCUT2D eigenvalue weighted by Crippen LogP contribution is 2.25. The molecule has 1 heterocycles. The Balaban J connectivity index is 2.09.